The van der Waals surface area contributed by atoms with Crippen molar-refractivity contribution in [2.45, 2.75) is 31.6 Å². The van der Waals surface area contributed by atoms with Crippen molar-refractivity contribution in [3.63, 3.8) is 0 Å². The number of anilines is 1. The molecule has 1 saturated heterocycles. The van der Waals surface area contributed by atoms with Crippen LogP contribution in [-0.4, -0.2) is 41.7 Å². The zero-order valence-corrected chi connectivity index (χ0v) is 18.5. The molecule has 0 unspecified atom stereocenters. The van der Waals surface area contributed by atoms with Crippen molar-refractivity contribution in [3.05, 3.63) is 59.1 Å². The summed E-state index contributed by atoms with van der Waals surface area (Å²) in [7, 11) is 1.89. The zero-order chi connectivity index (χ0) is 20.1. The first-order chi connectivity index (χ1) is 14.2. The Bertz CT molecular complexity index is 915. The van der Waals surface area contributed by atoms with Crippen molar-refractivity contribution in [2.75, 3.05) is 30.8 Å². The van der Waals surface area contributed by atoms with Gasteiger partial charge in [0.15, 0.2) is 0 Å². The summed E-state index contributed by atoms with van der Waals surface area (Å²) in [4.78, 5) is 21.4. The highest BCUT2D eigenvalue weighted by atomic mass is 32.2. The van der Waals surface area contributed by atoms with Crippen molar-refractivity contribution >= 4 is 44.9 Å². The van der Waals surface area contributed by atoms with Crippen molar-refractivity contribution in [1.82, 2.24) is 9.88 Å². The minimum atomic E-state index is 0.163. The lowest BCUT2D eigenvalue weighted by Crippen LogP contribution is -2.29. The third kappa shape index (κ3) is 5.31. The Kier molecular flexibility index (Phi) is 6.72. The number of benzene rings is 2. The molecule has 1 aliphatic heterocycles. The molecular weight excluding hydrogens is 398 g/mol. The van der Waals surface area contributed by atoms with Gasteiger partial charge in [-0.2, -0.15) is 0 Å². The van der Waals surface area contributed by atoms with Crippen molar-refractivity contribution < 1.29 is 4.79 Å². The van der Waals surface area contributed by atoms with Crippen LogP contribution in [-0.2, 0) is 17.1 Å². The summed E-state index contributed by atoms with van der Waals surface area (Å²) in [6.07, 6.45) is 3.92. The number of hydrogen-bond acceptors (Lipinski definition) is 5. The first kappa shape index (κ1) is 20.2. The van der Waals surface area contributed by atoms with E-state index >= 15 is 0 Å². The van der Waals surface area contributed by atoms with Gasteiger partial charge in [0, 0.05) is 38.1 Å². The van der Waals surface area contributed by atoms with Gasteiger partial charge in [-0.1, -0.05) is 24.3 Å². The van der Waals surface area contributed by atoms with E-state index in [9.17, 15) is 4.79 Å². The average Bonchev–Trinajstić information content (AvgIpc) is 3.17. The molecule has 0 radical (unpaired) electrons. The largest absolute Gasteiger partial charge is 0.372 e. The third-order valence-electron chi connectivity index (χ3n) is 5.29. The molecule has 4 nitrogen and oxygen atoms in total. The van der Waals surface area contributed by atoms with Gasteiger partial charge in [0.25, 0.3) is 0 Å². The van der Waals surface area contributed by atoms with Crippen LogP contribution in [0.4, 0.5) is 5.69 Å². The molecule has 2 aromatic carbocycles. The van der Waals surface area contributed by atoms with Crippen molar-refractivity contribution in [1.29, 1.82) is 0 Å². The average molecular weight is 426 g/mol. The highest BCUT2D eigenvalue weighted by Gasteiger charge is 2.13. The Labute approximate surface area is 180 Å². The first-order valence-corrected chi connectivity index (χ1v) is 12.2. The van der Waals surface area contributed by atoms with E-state index in [1.807, 2.05) is 30.1 Å². The van der Waals surface area contributed by atoms with Gasteiger partial charge in [-0.05, 0) is 49.1 Å². The zero-order valence-electron chi connectivity index (χ0n) is 16.8. The fraction of sp³-hybridized carbons (Fsp3) is 0.391. The number of amides is 1. The van der Waals surface area contributed by atoms with E-state index in [2.05, 4.69) is 40.2 Å². The Morgan fingerprint density at radius 1 is 1.10 bits per heavy atom. The molecule has 152 valence electrons. The number of thioether (sulfide) groups is 1. The minimum Gasteiger partial charge on any atom is -0.372 e. The fourth-order valence-electron chi connectivity index (χ4n) is 3.64. The van der Waals surface area contributed by atoms with Gasteiger partial charge < -0.3 is 9.80 Å². The smallest absolute Gasteiger partial charge is 0.232 e. The number of rotatable bonds is 7. The lowest BCUT2D eigenvalue weighted by atomic mass is 10.1. The van der Waals surface area contributed by atoms with Gasteiger partial charge in [0.2, 0.25) is 5.91 Å². The van der Waals surface area contributed by atoms with Crippen LogP contribution in [0.5, 0.6) is 0 Å². The molecule has 4 rings (SSSR count). The van der Waals surface area contributed by atoms with E-state index in [4.69, 9.17) is 0 Å². The lowest BCUT2D eigenvalue weighted by Gasteiger charge is -2.29. The molecule has 1 amide bonds. The highest BCUT2D eigenvalue weighted by molar-refractivity contribution is 7.99. The Balaban J connectivity index is 1.24. The number of para-hydroxylation sites is 1. The summed E-state index contributed by atoms with van der Waals surface area (Å²) in [6.45, 7) is 2.97. The number of fused-ring (bicyclic) bond motifs is 1. The van der Waals surface area contributed by atoms with Gasteiger partial charge in [0.1, 0.15) is 5.01 Å². The van der Waals surface area contributed by atoms with Gasteiger partial charge >= 0.3 is 0 Å². The number of nitrogens with zero attached hydrogens (tertiary/aromatic N) is 3. The molecule has 1 aromatic heterocycles. The van der Waals surface area contributed by atoms with Gasteiger partial charge in [0.05, 0.1) is 16.0 Å². The van der Waals surface area contributed by atoms with E-state index in [0.717, 1.165) is 29.4 Å². The van der Waals surface area contributed by atoms with Gasteiger partial charge in [-0.25, -0.2) is 4.98 Å². The Morgan fingerprint density at radius 3 is 2.62 bits per heavy atom. The van der Waals surface area contributed by atoms with Crippen LogP contribution in [0.2, 0.25) is 0 Å². The molecule has 0 spiro atoms. The van der Waals surface area contributed by atoms with E-state index < -0.39 is 0 Å². The Morgan fingerprint density at radius 2 is 1.86 bits per heavy atom. The fourth-order valence-corrected chi connectivity index (χ4v) is 5.63. The normalized spacial score (nSPS) is 14.3. The van der Waals surface area contributed by atoms with Crippen LogP contribution in [0.15, 0.2) is 48.5 Å². The minimum absolute atomic E-state index is 0.163. The molecule has 1 aliphatic rings. The molecule has 3 aromatic rings. The monoisotopic (exact) mass is 425 g/mol. The SMILES string of the molecule is CN(Cc1ccc(N2CCCCC2)cc1)C(=O)CSCc1nc2ccccc2s1. The summed E-state index contributed by atoms with van der Waals surface area (Å²) in [6, 6.07) is 16.9. The second-order valence-electron chi connectivity index (χ2n) is 7.53. The van der Waals surface area contributed by atoms with Crippen LogP contribution in [0.1, 0.15) is 29.8 Å². The first-order valence-electron chi connectivity index (χ1n) is 10.2. The standard InChI is InChI=1S/C23H27N3OS2/c1-25(15-18-9-11-19(12-10-18)26-13-5-2-6-14-26)23(27)17-28-16-22-24-20-7-3-4-8-21(20)29-22/h3-4,7-12H,2,5-6,13-17H2,1H3. The predicted molar refractivity (Wildman–Crippen MR) is 125 cm³/mol. The highest BCUT2D eigenvalue weighted by Crippen LogP contribution is 2.25. The predicted octanol–water partition coefficient (Wildman–Crippen LogP) is 5.18. The molecule has 0 atom stereocenters. The maximum absolute atomic E-state index is 12.5. The maximum Gasteiger partial charge on any atom is 0.232 e. The second-order valence-corrected chi connectivity index (χ2v) is 9.63. The molecule has 0 saturated carbocycles. The van der Waals surface area contributed by atoms with Crippen LogP contribution in [0.3, 0.4) is 0 Å². The number of carbonyl (C=O) groups is 1. The molecule has 0 bridgehead atoms. The van der Waals surface area contributed by atoms with Crippen molar-refractivity contribution in [2.24, 2.45) is 0 Å². The molecule has 0 aliphatic carbocycles. The molecule has 0 N–H and O–H groups in total. The maximum atomic E-state index is 12.5. The van der Waals surface area contributed by atoms with Crippen LogP contribution in [0, 0.1) is 0 Å². The van der Waals surface area contributed by atoms with Crippen LogP contribution < -0.4 is 4.90 Å². The Hall–Kier alpha value is -2.05. The summed E-state index contributed by atoms with van der Waals surface area (Å²) >= 11 is 3.35. The van der Waals surface area contributed by atoms with Crippen LogP contribution >= 0.6 is 23.1 Å². The second kappa shape index (κ2) is 9.63. The van der Waals surface area contributed by atoms with E-state index in [-0.39, 0.29) is 5.91 Å². The summed E-state index contributed by atoms with van der Waals surface area (Å²) in [5, 5.41) is 1.08. The number of carbonyl (C=O) groups excluding carboxylic acids is 1. The summed E-state index contributed by atoms with van der Waals surface area (Å²) < 4.78 is 1.21. The number of aromatic nitrogens is 1. The van der Waals surface area contributed by atoms with Crippen LogP contribution in [0.25, 0.3) is 10.2 Å². The third-order valence-corrected chi connectivity index (χ3v) is 7.44. The summed E-state index contributed by atoms with van der Waals surface area (Å²) in [5.41, 5.74) is 3.52. The number of thiazole rings is 1. The molecular formula is C23H27N3OS2. The molecule has 2 heterocycles. The summed E-state index contributed by atoms with van der Waals surface area (Å²) in [5.74, 6) is 1.43. The van der Waals surface area contributed by atoms with E-state index in [1.54, 1.807) is 23.1 Å². The van der Waals surface area contributed by atoms with E-state index in [1.165, 1.54) is 35.2 Å². The molecule has 29 heavy (non-hydrogen) atoms. The van der Waals surface area contributed by atoms with Crippen molar-refractivity contribution in [3.8, 4) is 0 Å². The van der Waals surface area contributed by atoms with E-state index in [0.29, 0.717) is 12.3 Å². The van der Waals surface area contributed by atoms with Gasteiger partial charge in [-0.3, -0.25) is 4.79 Å². The molecule has 1 fully saturated rings. The quantitative estimate of drug-likeness (QED) is 0.523. The van der Waals surface area contributed by atoms with Gasteiger partial charge in [-0.15, -0.1) is 23.1 Å². The number of piperidine rings is 1. The number of hydrogen-bond donors (Lipinski definition) is 0. The molecule has 6 heteroatoms. The lowest BCUT2D eigenvalue weighted by molar-refractivity contribution is -0.127. The topological polar surface area (TPSA) is 36.4 Å².